The first-order valence-corrected chi connectivity index (χ1v) is 11.7. The van der Waals surface area contributed by atoms with Crippen LogP contribution in [0.1, 0.15) is 30.0 Å². The normalized spacial score (nSPS) is 15.1. The highest BCUT2D eigenvalue weighted by atomic mass is 35.5. The topological polar surface area (TPSA) is 67.1 Å². The molecule has 0 aliphatic carbocycles. The molecule has 0 spiro atoms. The number of alkyl halides is 3. The maximum Gasteiger partial charge on any atom is 0.433 e. The molecule has 0 bridgehead atoms. The van der Waals surface area contributed by atoms with E-state index in [4.69, 9.17) is 4.52 Å². The van der Waals surface area contributed by atoms with Crippen LogP contribution in [0, 0.1) is 12.8 Å². The third-order valence-electron chi connectivity index (χ3n) is 6.43. The highest BCUT2D eigenvalue weighted by molar-refractivity contribution is 5.99. The fourth-order valence-corrected chi connectivity index (χ4v) is 4.55. The van der Waals surface area contributed by atoms with Crippen LogP contribution in [0.15, 0.2) is 59.3 Å². The number of aryl methyl sites for hydroxylation is 1. The molecule has 36 heavy (non-hydrogen) atoms. The molecule has 5 rings (SSSR count). The number of benzene rings is 1. The van der Waals surface area contributed by atoms with Gasteiger partial charge in [0.1, 0.15) is 17.3 Å². The van der Waals surface area contributed by atoms with E-state index in [0.717, 1.165) is 55.6 Å². The summed E-state index contributed by atoms with van der Waals surface area (Å²) in [6.07, 6.45) is -0.881. The van der Waals surface area contributed by atoms with Gasteiger partial charge in [-0.1, -0.05) is 35.5 Å². The monoisotopic (exact) mass is 517 g/mol. The van der Waals surface area contributed by atoms with Crippen LogP contribution in [-0.2, 0) is 12.7 Å². The van der Waals surface area contributed by atoms with Gasteiger partial charge in [-0.2, -0.15) is 13.2 Å². The molecule has 1 fully saturated rings. The molecule has 1 N–H and O–H groups in total. The lowest BCUT2D eigenvalue weighted by Crippen LogP contribution is -2.35. The second-order valence-corrected chi connectivity index (χ2v) is 9.01. The van der Waals surface area contributed by atoms with Crippen molar-refractivity contribution in [1.82, 2.24) is 20.0 Å². The van der Waals surface area contributed by atoms with E-state index in [-0.39, 0.29) is 12.4 Å². The SMILES string of the molecule is Cc1cc(CN2CCC(CNc3ncc(-c4ccccc4)c4nc(C(F)(F)F)ccc34)CC2)no1.Cl. The van der Waals surface area contributed by atoms with Crippen LogP contribution in [0.3, 0.4) is 0 Å². The highest BCUT2D eigenvalue weighted by Gasteiger charge is 2.33. The van der Waals surface area contributed by atoms with Crippen LogP contribution >= 0.6 is 12.4 Å². The molecule has 0 saturated carbocycles. The van der Waals surface area contributed by atoms with Gasteiger partial charge in [0.05, 0.1) is 11.2 Å². The number of rotatable bonds is 6. The van der Waals surface area contributed by atoms with Crippen molar-refractivity contribution in [1.29, 1.82) is 0 Å². The molecule has 1 aromatic carbocycles. The van der Waals surface area contributed by atoms with E-state index >= 15 is 0 Å². The van der Waals surface area contributed by atoms with Gasteiger partial charge in [-0.3, -0.25) is 4.90 Å². The zero-order chi connectivity index (χ0) is 24.4. The molecule has 190 valence electrons. The second-order valence-electron chi connectivity index (χ2n) is 9.01. The highest BCUT2D eigenvalue weighted by Crippen LogP contribution is 2.35. The minimum atomic E-state index is -4.52. The average molecular weight is 518 g/mol. The van der Waals surface area contributed by atoms with Crippen LogP contribution in [0.5, 0.6) is 0 Å². The Balaban J connectivity index is 0.00000304. The second kappa shape index (κ2) is 10.8. The Morgan fingerprint density at radius 3 is 2.50 bits per heavy atom. The number of hydrogen-bond donors (Lipinski definition) is 1. The zero-order valence-electron chi connectivity index (χ0n) is 19.8. The Bertz CT molecular complexity index is 1300. The summed E-state index contributed by atoms with van der Waals surface area (Å²) in [6.45, 7) is 5.27. The summed E-state index contributed by atoms with van der Waals surface area (Å²) in [5, 5.41) is 8.04. The number of nitrogens with one attached hydrogen (secondary N) is 1. The van der Waals surface area contributed by atoms with Gasteiger partial charge in [-0.05, 0) is 56.5 Å². The molecule has 1 aliphatic heterocycles. The first-order chi connectivity index (χ1) is 16.9. The smallest absolute Gasteiger partial charge is 0.369 e. The van der Waals surface area contributed by atoms with Crippen LogP contribution in [0.2, 0.25) is 0 Å². The van der Waals surface area contributed by atoms with E-state index in [1.54, 1.807) is 6.20 Å². The van der Waals surface area contributed by atoms with E-state index in [1.165, 1.54) is 6.07 Å². The summed E-state index contributed by atoms with van der Waals surface area (Å²) >= 11 is 0. The number of likely N-dealkylation sites (tertiary alicyclic amines) is 1. The van der Waals surface area contributed by atoms with Crippen molar-refractivity contribution in [2.45, 2.75) is 32.5 Å². The molecule has 1 aliphatic rings. The standard InChI is InChI=1S/C26H26F3N5O.ClH/c1-17-13-20(33-35-17)16-34-11-9-18(10-12-34)14-30-25-21-7-8-23(26(27,28)29)32-24(21)22(15-31-25)19-5-3-2-4-6-19;/h2-8,13,15,18H,9-12,14,16H2,1H3,(H,30,31);1H. The van der Waals surface area contributed by atoms with Crippen LogP contribution in [-0.4, -0.2) is 39.7 Å². The van der Waals surface area contributed by atoms with Crippen LogP contribution in [0.25, 0.3) is 22.0 Å². The van der Waals surface area contributed by atoms with Gasteiger partial charge >= 0.3 is 6.18 Å². The molecule has 0 radical (unpaired) electrons. The minimum Gasteiger partial charge on any atom is -0.369 e. The molecule has 4 aromatic rings. The Labute approximate surface area is 213 Å². The Morgan fingerprint density at radius 1 is 1.08 bits per heavy atom. The van der Waals surface area contributed by atoms with E-state index in [1.807, 2.05) is 43.3 Å². The molecule has 0 atom stereocenters. The quantitative estimate of drug-likeness (QED) is 0.321. The van der Waals surface area contributed by atoms with Crippen LogP contribution < -0.4 is 5.32 Å². The lowest BCUT2D eigenvalue weighted by atomic mass is 9.96. The van der Waals surface area contributed by atoms with E-state index in [9.17, 15) is 13.2 Å². The summed E-state index contributed by atoms with van der Waals surface area (Å²) in [4.78, 5) is 10.9. The van der Waals surface area contributed by atoms with Crippen molar-refractivity contribution in [2.75, 3.05) is 25.0 Å². The van der Waals surface area contributed by atoms with Crippen molar-refractivity contribution in [3.05, 3.63) is 71.9 Å². The summed E-state index contributed by atoms with van der Waals surface area (Å²) < 4.78 is 45.4. The number of nitrogens with zero attached hydrogens (tertiary/aromatic N) is 4. The van der Waals surface area contributed by atoms with Gasteiger partial charge in [0.2, 0.25) is 0 Å². The maximum atomic E-state index is 13.4. The minimum absolute atomic E-state index is 0. The largest absolute Gasteiger partial charge is 0.433 e. The lowest BCUT2D eigenvalue weighted by molar-refractivity contribution is -0.140. The summed E-state index contributed by atoms with van der Waals surface area (Å²) in [5.41, 5.74) is 1.68. The molecule has 4 heterocycles. The number of fused-ring (bicyclic) bond motifs is 1. The molecular formula is C26H27ClF3N5O. The fourth-order valence-electron chi connectivity index (χ4n) is 4.55. The van der Waals surface area contributed by atoms with Crippen LogP contribution in [0.4, 0.5) is 19.0 Å². The van der Waals surface area contributed by atoms with Gasteiger partial charge < -0.3 is 9.84 Å². The predicted octanol–water partition coefficient (Wildman–Crippen LogP) is 6.36. The number of anilines is 1. The number of pyridine rings is 2. The van der Waals surface area contributed by atoms with Crippen molar-refractivity contribution in [3.8, 4) is 11.1 Å². The number of hydrogen-bond acceptors (Lipinski definition) is 6. The molecule has 10 heteroatoms. The number of aromatic nitrogens is 3. The number of halogens is 4. The molecule has 6 nitrogen and oxygen atoms in total. The molecule has 0 amide bonds. The Kier molecular flexibility index (Phi) is 7.80. The zero-order valence-corrected chi connectivity index (χ0v) is 20.6. The Morgan fingerprint density at radius 2 is 1.83 bits per heavy atom. The van der Waals surface area contributed by atoms with Crippen molar-refractivity contribution >= 4 is 29.1 Å². The first kappa shape index (κ1) is 25.9. The van der Waals surface area contributed by atoms with Crippen molar-refractivity contribution in [2.24, 2.45) is 5.92 Å². The molecular weight excluding hydrogens is 491 g/mol. The average Bonchev–Trinajstić information content (AvgIpc) is 3.27. The summed E-state index contributed by atoms with van der Waals surface area (Å²) in [5.74, 6) is 1.81. The van der Waals surface area contributed by atoms with Gasteiger partial charge in [0.15, 0.2) is 0 Å². The molecule has 0 unspecified atom stereocenters. The predicted molar refractivity (Wildman–Crippen MR) is 135 cm³/mol. The number of piperidine rings is 1. The van der Waals surface area contributed by atoms with Gasteiger partial charge in [-0.25, -0.2) is 9.97 Å². The Hall–Kier alpha value is -3.17. The third kappa shape index (κ3) is 5.79. The van der Waals surface area contributed by atoms with E-state index in [0.29, 0.717) is 34.7 Å². The molecule has 1 saturated heterocycles. The van der Waals surface area contributed by atoms with Crippen molar-refractivity contribution in [3.63, 3.8) is 0 Å². The first-order valence-electron chi connectivity index (χ1n) is 11.7. The summed E-state index contributed by atoms with van der Waals surface area (Å²) in [7, 11) is 0. The fraction of sp³-hybridized carbons (Fsp3) is 0.346. The maximum absolute atomic E-state index is 13.4. The van der Waals surface area contributed by atoms with Crippen molar-refractivity contribution < 1.29 is 17.7 Å². The third-order valence-corrected chi connectivity index (χ3v) is 6.43. The van der Waals surface area contributed by atoms with E-state index < -0.39 is 11.9 Å². The lowest BCUT2D eigenvalue weighted by Gasteiger charge is -2.31. The van der Waals surface area contributed by atoms with E-state index in [2.05, 4.69) is 25.3 Å². The van der Waals surface area contributed by atoms with Gasteiger partial charge in [-0.15, -0.1) is 12.4 Å². The van der Waals surface area contributed by atoms with Gasteiger partial charge in [0, 0.05) is 36.3 Å². The van der Waals surface area contributed by atoms with Gasteiger partial charge in [0.25, 0.3) is 0 Å². The molecule has 3 aromatic heterocycles. The summed E-state index contributed by atoms with van der Waals surface area (Å²) in [6, 6.07) is 13.7.